The minimum Gasteiger partial charge on any atom is -0.497 e. The van der Waals surface area contributed by atoms with Crippen molar-refractivity contribution in [3.8, 4) is 11.5 Å². The van der Waals surface area contributed by atoms with Crippen molar-refractivity contribution in [3.05, 3.63) is 70.0 Å². The third kappa shape index (κ3) is 4.28. The lowest BCUT2D eigenvalue weighted by Crippen LogP contribution is -2.13. The van der Waals surface area contributed by atoms with Crippen molar-refractivity contribution < 1.29 is 14.3 Å². The molecule has 7 heteroatoms. The summed E-state index contributed by atoms with van der Waals surface area (Å²) in [4.78, 5) is 12.8. The summed E-state index contributed by atoms with van der Waals surface area (Å²) in [7, 11) is 3.10. The van der Waals surface area contributed by atoms with Crippen LogP contribution in [0.5, 0.6) is 11.5 Å². The minimum absolute atomic E-state index is 0.297. The highest BCUT2D eigenvalue weighted by molar-refractivity contribution is 6.33. The van der Waals surface area contributed by atoms with Gasteiger partial charge in [-0.3, -0.25) is 4.79 Å². The van der Waals surface area contributed by atoms with Crippen LogP contribution >= 0.6 is 11.6 Å². The third-order valence-corrected chi connectivity index (χ3v) is 4.74. The second kappa shape index (κ2) is 8.35. The summed E-state index contributed by atoms with van der Waals surface area (Å²) in [5.74, 6) is 0.813. The van der Waals surface area contributed by atoms with Crippen LogP contribution in [0.4, 0.5) is 5.69 Å². The second-order valence-electron chi connectivity index (χ2n) is 6.45. The van der Waals surface area contributed by atoms with Gasteiger partial charge in [-0.2, -0.15) is 5.10 Å². The molecule has 0 saturated heterocycles. The molecule has 0 aliphatic rings. The van der Waals surface area contributed by atoms with Gasteiger partial charge in [-0.15, -0.1) is 0 Å². The fourth-order valence-electron chi connectivity index (χ4n) is 2.86. The van der Waals surface area contributed by atoms with Crippen molar-refractivity contribution >= 4 is 23.2 Å². The van der Waals surface area contributed by atoms with Crippen molar-refractivity contribution in [2.75, 3.05) is 19.5 Å². The predicted molar refractivity (Wildman–Crippen MR) is 110 cm³/mol. The molecular formula is C21H22ClN3O3. The smallest absolute Gasteiger partial charge is 0.260 e. The summed E-state index contributed by atoms with van der Waals surface area (Å²) in [5.41, 5.74) is 3.68. The molecule has 0 aliphatic carbocycles. The molecule has 28 heavy (non-hydrogen) atoms. The molecule has 0 aliphatic heterocycles. The lowest BCUT2D eigenvalue weighted by Gasteiger charge is -2.10. The molecule has 3 rings (SSSR count). The van der Waals surface area contributed by atoms with Crippen LogP contribution in [-0.4, -0.2) is 29.9 Å². The van der Waals surface area contributed by atoms with Crippen LogP contribution in [0.15, 0.2) is 42.5 Å². The van der Waals surface area contributed by atoms with Gasteiger partial charge in [0.25, 0.3) is 5.91 Å². The van der Waals surface area contributed by atoms with Crippen molar-refractivity contribution in [1.29, 1.82) is 0 Å². The standard InChI is InChI=1S/C21H22ClN3O3/c1-13-5-7-15(8-6-13)12-25-20(22)19(14(2)24-25)21(26)23-16-9-17(27-3)11-18(10-16)28-4/h5-11H,12H2,1-4H3,(H,23,26). The fraction of sp³-hybridized carbons (Fsp3) is 0.238. The van der Waals surface area contributed by atoms with E-state index in [4.69, 9.17) is 21.1 Å². The first-order valence-electron chi connectivity index (χ1n) is 8.74. The van der Waals surface area contributed by atoms with Gasteiger partial charge in [0.15, 0.2) is 0 Å². The number of carbonyl (C=O) groups excluding carboxylic acids is 1. The van der Waals surface area contributed by atoms with E-state index in [1.165, 1.54) is 5.56 Å². The van der Waals surface area contributed by atoms with E-state index in [2.05, 4.69) is 10.4 Å². The Bertz CT molecular complexity index is 975. The Morgan fingerprint density at radius 1 is 1.07 bits per heavy atom. The van der Waals surface area contributed by atoms with Crippen molar-refractivity contribution in [2.24, 2.45) is 0 Å². The summed E-state index contributed by atoms with van der Waals surface area (Å²) in [6, 6.07) is 13.2. The molecule has 0 radical (unpaired) electrons. The third-order valence-electron chi connectivity index (χ3n) is 4.35. The molecule has 0 fully saturated rings. The zero-order valence-electron chi connectivity index (χ0n) is 16.2. The number of hydrogen-bond acceptors (Lipinski definition) is 4. The monoisotopic (exact) mass is 399 g/mol. The highest BCUT2D eigenvalue weighted by Crippen LogP contribution is 2.27. The number of nitrogens with zero attached hydrogens (tertiary/aromatic N) is 2. The van der Waals surface area contributed by atoms with E-state index in [-0.39, 0.29) is 5.91 Å². The van der Waals surface area contributed by atoms with Gasteiger partial charge in [0.1, 0.15) is 16.7 Å². The average Bonchev–Trinajstić information content (AvgIpc) is 2.96. The molecule has 0 spiro atoms. The van der Waals surface area contributed by atoms with Crippen LogP contribution in [0.1, 0.15) is 27.2 Å². The van der Waals surface area contributed by atoms with E-state index < -0.39 is 0 Å². The number of nitrogens with one attached hydrogen (secondary N) is 1. The fourth-order valence-corrected chi connectivity index (χ4v) is 3.18. The van der Waals surface area contributed by atoms with Gasteiger partial charge >= 0.3 is 0 Å². The first-order chi connectivity index (χ1) is 13.4. The van der Waals surface area contributed by atoms with Gasteiger partial charge < -0.3 is 14.8 Å². The minimum atomic E-state index is -0.340. The predicted octanol–water partition coefficient (Wildman–Crippen LogP) is 4.47. The first-order valence-corrected chi connectivity index (χ1v) is 9.12. The van der Waals surface area contributed by atoms with E-state index in [9.17, 15) is 4.79 Å². The molecule has 0 unspecified atom stereocenters. The Morgan fingerprint density at radius 2 is 1.68 bits per heavy atom. The summed E-state index contributed by atoms with van der Waals surface area (Å²) >= 11 is 6.48. The summed E-state index contributed by atoms with van der Waals surface area (Å²) < 4.78 is 12.1. The van der Waals surface area contributed by atoms with Crippen molar-refractivity contribution in [2.45, 2.75) is 20.4 Å². The summed E-state index contributed by atoms with van der Waals surface area (Å²) in [6.45, 7) is 4.28. The number of halogens is 1. The topological polar surface area (TPSA) is 65.4 Å². The van der Waals surface area contributed by atoms with Crippen molar-refractivity contribution in [1.82, 2.24) is 9.78 Å². The summed E-state index contributed by atoms with van der Waals surface area (Å²) in [5, 5.41) is 7.57. The largest absolute Gasteiger partial charge is 0.497 e. The van der Waals surface area contributed by atoms with Gasteiger partial charge in [0.2, 0.25) is 0 Å². The average molecular weight is 400 g/mol. The Hall–Kier alpha value is -2.99. The first kappa shape index (κ1) is 19.8. The number of aryl methyl sites for hydroxylation is 2. The van der Waals surface area contributed by atoms with Crippen LogP contribution in [0.2, 0.25) is 5.15 Å². The maximum Gasteiger partial charge on any atom is 0.260 e. The quantitative estimate of drug-likeness (QED) is 0.664. The lowest BCUT2D eigenvalue weighted by atomic mass is 10.1. The van der Waals surface area contributed by atoms with Crippen LogP contribution in [-0.2, 0) is 6.54 Å². The number of hydrogen-bond donors (Lipinski definition) is 1. The van der Waals surface area contributed by atoms with Crippen LogP contribution in [0.25, 0.3) is 0 Å². The van der Waals surface area contributed by atoms with E-state index in [1.807, 2.05) is 31.2 Å². The molecular weight excluding hydrogens is 378 g/mol. The Balaban J connectivity index is 1.84. The molecule has 1 amide bonds. The molecule has 1 aromatic heterocycles. The number of amides is 1. The van der Waals surface area contributed by atoms with Crippen molar-refractivity contribution in [3.63, 3.8) is 0 Å². The van der Waals surface area contributed by atoms with Gasteiger partial charge in [-0.25, -0.2) is 4.68 Å². The molecule has 6 nitrogen and oxygen atoms in total. The number of methoxy groups -OCH3 is 2. The maximum atomic E-state index is 12.8. The Morgan fingerprint density at radius 3 is 2.25 bits per heavy atom. The van der Waals surface area contributed by atoms with E-state index in [1.54, 1.807) is 44.0 Å². The molecule has 0 bridgehead atoms. The summed E-state index contributed by atoms with van der Waals surface area (Å²) in [6.07, 6.45) is 0. The van der Waals surface area contributed by atoms with E-state index in [0.29, 0.717) is 40.1 Å². The Labute approximate surface area is 169 Å². The van der Waals surface area contributed by atoms with Crippen LogP contribution in [0, 0.1) is 13.8 Å². The number of benzene rings is 2. The van der Waals surface area contributed by atoms with Gasteiger partial charge in [0.05, 0.1) is 32.0 Å². The van der Waals surface area contributed by atoms with Gasteiger partial charge in [0, 0.05) is 23.9 Å². The molecule has 1 heterocycles. The number of aromatic nitrogens is 2. The highest BCUT2D eigenvalue weighted by atomic mass is 35.5. The van der Waals surface area contributed by atoms with Gasteiger partial charge in [-0.1, -0.05) is 41.4 Å². The maximum absolute atomic E-state index is 12.8. The molecule has 3 aromatic rings. The number of anilines is 1. The SMILES string of the molecule is COc1cc(NC(=O)c2c(C)nn(Cc3ccc(C)cc3)c2Cl)cc(OC)c1. The molecule has 0 atom stereocenters. The number of rotatable bonds is 6. The molecule has 2 aromatic carbocycles. The number of ether oxygens (including phenoxy) is 2. The zero-order chi connectivity index (χ0) is 20.3. The highest BCUT2D eigenvalue weighted by Gasteiger charge is 2.21. The second-order valence-corrected chi connectivity index (χ2v) is 6.81. The number of carbonyl (C=O) groups is 1. The molecule has 146 valence electrons. The van der Waals surface area contributed by atoms with E-state index >= 15 is 0 Å². The normalized spacial score (nSPS) is 10.6. The van der Waals surface area contributed by atoms with Crippen LogP contribution in [0.3, 0.4) is 0 Å². The Kier molecular flexibility index (Phi) is 5.90. The van der Waals surface area contributed by atoms with E-state index in [0.717, 1.165) is 5.56 Å². The molecule has 1 N–H and O–H groups in total. The zero-order valence-corrected chi connectivity index (χ0v) is 17.0. The van der Waals surface area contributed by atoms with Gasteiger partial charge in [-0.05, 0) is 19.4 Å². The molecule has 0 saturated carbocycles. The lowest BCUT2D eigenvalue weighted by molar-refractivity contribution is 0.102. The van der Waals surface area contributed by atoms with Crippen LogP contribution < -0.4 is 14.8 Å².